The Morgan fingerprint density at radius 3 is 2.75 bits per heavy atom. The van der Waals surface area contributed by atoms with Gasteiger partial charge in [0.2, 0.25) is 0 Å². The molecule has 5 rings (SSSR count). The molecule has 134 valence electrons. The van der Waals surface area contributed by atoms with Gasteiger partial charge in [0.1, 0.15) is 0 Å². The third-order valence-electron chi connectivity index (χ3n) is 8.56. The minimum Gasteiger partial charge on any atom is -0.393 e. The van der Waals surface area contributed by atoms with Gasteiger partial charge in [0.05, 0.1) is 23.9 Å². The topological polar surface area (TPSA) is 53.0 Å². The number of hydrogen-bond donors (Lipinski definition) is 2. The van der Waals surface area contributed by atoms with Gasteiger partial charge in [-0.25, -0.2) is 0 Å². The van der Waals surface area contributed by atoms with E-state index < -0.39 is 5.60 Å². The van der Waals surface area contributed by atoms with Crippen molar-refractivity contribution in [1.29, 1.82) is 0 Å². The van der Waals surface area contributed by atoms with E-state index >= 15 is 0 Å². The second kappa shape index (κ2) is 5.08. The van der Waals surface area contributed by atoms with E-state index in [0.29, 0.717) is 30.0 Å². The van der Waals surface area contributed by atoms with Gasteiger partial charge in [0.15, 0.2) is 0 Å². The first-order chi connectivity index (χ1) is 11.5. The predicted octanol–water partition coefficient (Wildman–Crippen LogP) is 3.58. The van der Waals surface area contributed by atoms with Gasteiger partial charge in [-0.2, -0.15) is 0 Å². The summed E-state index contributed by atoms with van der Waals surface area (Å²) >= 11 is 0. The fourth-order valence-electron chi connectivity index (χ4n) is 7.58. The van der Waals surface area contributed by atoms with E-state index in [-0.39, 0.29) is 11.5 Å². The molecular weight excluding hydrogens is 300 g/mol. The number of aliphatic hydroxyl groups excluding tert-OH is 1. The predicted molar refractivity (Wildman–Crippen MR) is 92.4 cm³/mol. The van der Waals surface area contributed by atoms with Gasteiger partial charge in [-0.3, -0.25) is 0 Å². The van der Waals surface area contributed by atoms with Crippen molar-refractivity contribution in [3.05, 3.63) is 11.1 Å². The molecule has 3 nitrogen and oxygen atoms in total. The Kier molecular flexibility index (Phi) is 3.35. The fraction of sp³-hybridized carbons (Fsp3) is 0.905. The maximum absolute atomic E-state index is 11.6. The van der Waals surface area contributed by atoms with Crippen LogP contribution in [0.3, 0.4) is 0 Å². The molecule has 8 atom stereocenters. The third-order valence-corrected chi connectivity index (χ3v) is 8.56. The molecule has 2 saturated carbocycles. The number of hydrogen-bond acceptors (Lipinski definition) is 3. The van der Waals surface area contributed by atoms with Crippen molar-refractivity contribution < 1.29 is 14.9 Å². The number of ether oxygens (including phenoxy) is 1. The molecule has 0 aromatic rings. The Morgan fingerprint density at radius 2 is 1.96 bits per heavy atom. The van der Waals surface area contributed by atoms with Crippen LogP contribution in [0.1, 0.15) is 71.6 Å². The average molecular weight is 332 g/mol. The first-order valence-corrected chi connectivity index (χ1v) is 10.2. The smallest absolute Gasteiger partial charge is 0.0879 e. The van der Waals surface area contributed by atoms with E-state index in [2.05, 4.69) is 13.8 Å². The van der Waals surface area contributed by atoms with Crippen LogP contribution in [0.5, 0.6) is 0 Å². The Labute approximate surface area is 145 Å². The molecule has 0 bridgehead atoms. The summed E-state index contributed by atoms with van der Waals surface area (Å²) in [5, 5.41) is 22.3. The number of epoxide rings is 1. The van der Waals surface area contributed by atoms with Crippen molar-refractivity contribution in [2.24, 2.45) is 23.2 Å². The summed E-state index contributed by atoms with van der Waals surface area (Å²) in [5.74, 6) is 1.50. The lowest BCUT2D eigenvalue weighted by atomic mass is 9.49. The highest BCUT2D eigenvalue weighted by atomic mass is 16.6. The molecule has 4 aliphatic carbocycles. The fourth-order valence-corrected chi connectivity index (χ4v) is 7.58. The van der Waals surface area contributed by atoms with Crippen molar-refractivity contribution in [3.63, 3.8) is 0 Å². The van der Waals surface area contributed by atoms with Gasteiger partial charge in [-0.1, -0.05) is 18.1 Å². The van der Waals surface area contributed by atoms with Gasteiger partial charge < -0.3 is 14.9 Å². The van der Waals surface area contributed by atoms with Crippen LogP contribution in [0.2, 0.25) is 0 Å². The van der Waals surface area contributed by atoms with Crippen LogP contribution < -0.4 is 0 Å². The summed E-state index contributed by atoms with van der Waals surface area (Å²) in [5.41, 5.74) is 2.50. The first-order valence-electron chi connectivity index (χ1n) is 10.2. The molecule has 1 heterocycles. The van der Waals surface area contributed by atoms with Gasteiger partial charge >= 0.3 is 0 Å². The van der Waals surface area contributed by atoms with E-state index in [1.807, 2.05) is 0 Å². The number of aliphatic hydroxyl groups is 2. The van der Waals surface area contributed by atoms with Crippen molar-refractivity contribution in [2.45, 2.75) is 95.5 Å². The quantitative estimate of drug-likeness (QED) is 0.570. The minimum atomic E-state index is -0.668. The maximum Gasteiger partial charge on any atom is 0.0879 e. The molecule has 0 amide bonds. The highest BCUT2D eigenvalue weighted by molar-refractivity contribution is 5.31. The molecule has 24 heavy (non-hydrogen) atoms. The van der Waals surface area contributed by atoms with E-state index in [9.17, 15) is 10.2 Å². The monoisotopic (exact) mass is 332 g/mol. The molecule has 5 unspecified atom stereocenters. The zero-order chi connectivity index (χ0) is 16.7. The average Bonchev–Trinajstić information content (AvgIpc) is 3.23. The van der Waals surface area contributed by atoms with Crippen LogP contribution >= 0.6 is 0 Å². The minimum absolute atomic E-state index is 0.0429. The van der Waals surface area contributed by atoms with Crippen LogP contribution in [-0.2, 0) is 4.74 Å². The molecule has 0 aromatic carbocycles. The maximum atomic E-state index is 11.6. The zero-order valence-electron chi connectivity index (χ0n) is 15.1. The van der Waals surface area contributed by atoms with Crippen molar-refractivity contribution in [3.8, 4) is 0 Å². The molecule has 1 saturated heterocycles. The highest BCUT2D eigenvalue weighted by Crippen LogP contribution is 2.65. The normalized spacial score (nSPS) is 56.0. The Bertz CT molecular complexity index is 580. The molecular formula is C21H32O3. The molecule has 1 aliphatic heterocycles. The van der Waals surface area contributed by atoms with Gasteiger partial charge in [0.25, 0.3) is 0 Å². The van der Waals surface area contributed by atoms with Crippen LogP contribution in [0.4, 0.5) is 0 Å². The SMILES string of the molecule is CC[C@]12C[C@](C)(O)C3C4=C(CCC3C1CC[C@@H]2O)CC1OC1CC4. The standard InChI is InChI=1S/C21H32O3/c1-3-21-11-20(2,23)19-13-6-8-16-17(24-16)10-12(13)4-5-14(19)15(21)7-9-18(21)22/h14-19,22-23H,3-11H2,1-2H3/t14?,15?,16?,17?,18-,19?,20-,21-/m0/s1. The van der Waals surface area contributed by atoms with Crippen LogP contribution in [-0.4, -0.2) is 34.1 Å². The molecule has 0 aromatic heterocycles. The molecule has 5 aliphatic rings. The molecule has 0 spiro atoms. The van der Waals surface area contributed by atoms with Crippen LogP contribution in [0.15, 0.2) is 11.1 Å². The van der Waals surface area contributed by atoms with E-state index in [4.69, 9.17) is 4.74 Å². The summed E-state index contributed by atoms with van der Waals surface area (Å²) in [4.78, 5) is 0. The zero-order valence-corrected chi connectivity index (χ0v) is 15.1. The Balaban J connectivity index is 1.55. The molecule has 3 heteroatoms. The summed E-state index contributed by atoms with van der Waals surface area (Å²) in [6.45, 7) is 4.30. The lowest BCUT2D eigenvalue weighted by molar-refractivity contribution is -0.153. The number of fused-ring (bicyclic) bond motifs is 5. The van der Waals surface area contributed by atoms with Gasteiger partial charge in [-0.05, 0) is 76.5 Å². The Morgan fingerprint density at radius 1 is 1.12 bits per heavy atom. The lowest BCUT2D eigenvalue weighted by Crippen LogP contribution is -2.57. The van der Waals surface area contributed by atoms with Crippen molar-refractivity contribution in [2.75, 3.05) is 0 Å². The largest absolute Gasteiger partial charge is 0.393 e. The Hall–Kier alpha value is -0.380. The van der Waals surface area contributed by atoms with Crippen LogP contribution in [0, 0.1) is 23.2 Å². The third kappa shape index (κ3) is 2.01. The second-order valence-electron chi connectivity index (χ2n) is 9.59. The highest BCUT2D eigenvalue weighted by Gasteiger charge is 2.63. The van der Waals surface area contributed by atoms with E-state index in [1.165, 1.54) is 12.8 Å². The molecule has 2 N–H and O–H groups in total. The summed E-state index contributed by atoms with van der Waals surface area (Å²) in [7, 11) is 0. The van der Waals surface area contributed by atoms with Crippen LogP contribution in [0.25, 0.3) is 0 Å². The van der Waals surface area contributed by atoms with Gasteiger partial charge in [-0.15, -0.1) is 0 Å². The summed E-state index contributed by atoms with van der Waals surface area (Å²) in [6, 6.07) is 0. The van der Waals surface area contributed by atoms with Crippen molar-refractivity contribution in [1.82, 2.24) is 0 Å². The van der Waals surface area contributed by atoms with E-state index in [1.54, 1.807) is 11.1 Å². The van der Waals surface area contributed by atoms with Gasteiger partial charge in [0, 0.05) is 11.3 Å². The van der Waals surface area contributed by atoms with Crippen molar-refractivity contribution >= 4 is 0 Å². The summed E-state index contributed by atoms with van der Waals surface area (Å²) < 4.78 is 5.78. The van der Waals surface area contributed by atoms with E-state index in [0.717, 1.165) is 44.9 Å². The molecule has 0 radical (unpaired) electrons. The first kappa shape index (κ1) is 15.8. The number of rotatable bonds is 1. The second-order valence-corrected chi connectivity index (χ2v) is 9.59. The lowest BCUT2D eigenvalue weighted by Gasteiger charge is -2.58. The summed E-state index contributed by atoms with van der Waals surface area (Å²) in [6.07, 6.45) is 10.4. The molecule has 3 fully saturated rings.